The van der Waals surface area contributed by atoms with E-state index in [2.05, 4.69) is 9.88 Å². The number of amides is 2. The molecule has 3 fully saturated rings. The van der Waals surface area contributed by atoms with Gasteiger partial charge in [0.05, 0.1) is 5.41 Å². The Morgan fingerprint density at radius 3 is 2.83 bits per heavy atom. The minimum atomic E-state index is -0.366. The van der Waals surface area contributed by atoms with Gasteiger partial charge >= 0.3 is 0 Å². The minimum Gasteiger partial charge on any atom is -0.448 e. The standard InChI is InChI=1S/C18H25N3O3/c1-13-15(19-12-24-13)16(22)21-9-7-18(11-21)6-3-8-20(17(18)23)10-14-4-2-5-14/h12,14H,2-11H2,1H3. The van der Waals surface area contributed by atoms with Crippen LogP contribution in [0.15, 0.2) is 10.8 Å². The maximum atomic E-state index is 13.1. The van der Waals surface area contributed by atoms with Crippen LogP contribution in [0.5, 0.6) is 0 Å². The van der Waals surface area contributed by atoms with Gasteiger partial charge in [0, 0.05) is 26.2 Å². The number of piperidine rings is 1. The molecule has 6 nitrogen and oxygen atoms in total. The molecule has 1 atom stereocenters. The van der Waals surface area contributed by atoms with Crippen LogP contribution in [0.2, 0.25) is 0 Å². The zero-order chi connectivity index (χ0) is 16.7. The molecule has 3 aliphatic rings. The van der Waals surface area contributed by atoms with Crippen LogP contribution < -0.4 is 0 Å². The lowest BCUT2D eigenvalue weighted by Gasteiger charge is -2.42. The fourth-order valence-electron chi connectivity index (χ4n) is 4.40. The van der Waals surface area contributed by atoms with E-state index in [0.29, 0.717) is 30.5 Å². The summed E-state index contributed by atoms with van der Waals surface area (Å²) in [6, 6.07) is 0. The van der Waals surface area contributed by atoms with E-state index in [9.17, 15) is 9.59 Å². The average Bonchev–Trinajstić information content (AvgIpc) is 3.14. The molecule has 24 heavy (non-hydrogen) atoms. The molecule has 0 radical (unpaired) electrons. The molecule has 6 heteroatoms. The van der Waals surface area contributed by atoms with Crippen LogP contribution in [-0.4, -0.2) is 52.8 Å². The summed E-state index contributed by atoms with van der Waals surface area (Å²) in [6.07, 6.45) is 7.84. The molecule has 0 aromatic carbocycles. The fourth-order valence-corrected chi connectivity index (χ4v) is 4.40. The first-order valence-corrected chi connectivity index (χ1v) is 9.08. The first-order valence-electron chi connectivity index (χ1n) is 9.08. The summed E-state index contributed by atoms with van der Waals surface area (Å²) < 4.78 is 5.15. The molecule has 1 aromatic rings. The second kappa shape index (κ2) is 5.90. The number of carbonyl (C=O) groups excluding carboxylic acids is 2. The highest BCUT2D eigenvalue weighted by atomic mass is 16.3. The maximum absolute atomic E-state index is 13.1. The van der Waals surface area contributed by atoms with Crippen molar-refractivity contribution >= 4 is 11.8 Å². The number of hydrogen-bond donors (Lipinski definition) is 0. The number of nitrogens with zero attached hydrogens (tertiary/aromatic N) is 3. The highest BCUT2D eigenvalue weighted by molar-refractivity contribution is 5.94. The number of carbonyl (C=O) groups is 2. The van der Waals surface area contributed by atoms with Gasteiger partial charge in [0.15, 0.2) is 12.1 Å². The van der Waals surface area contributed by atoms with Gasteiger partial charge in [0.2, 0.25) is 5.91 Å². The van der Waals surface area contributed by atoms with Crippen LogP contribution in [0.25, 0.3) is 0 Å². The van der Waals surface area contributed by atoms with Crippen molar-refractivity contribution < 1.29 is 14.0 Å². The lowest BCUT2D eigenvalue weighted by atomic mass is 9.77. The Hall–Kier alpha value is -1.85. The highest BCUT2D eigenvalue weighted by Gasteiger charge is 2.50. The summed E-state index contributed by atoms with van der Waals surface area (Å²) in [5.74, 6) is 1.40. The third-order valence-corrected chi connectivity index (χ3v) is 6.12. The van der Waals surface area contributed by atoms with Crippen molar-refractivity contribution in [1.29, 1.82) is 0 Å². The van der Waals surface area contributed by atoms with Gasteiger partial charge < -0.3 is 14.2 Å². The molecule has 0 N–H and O–H groups in total. The van der Waals surface area contributed by atoms with Crippen molar-refractivity contribution in [2.75, 3.05) is 26.2 Å². The molecule has 1 saturated carbocycles. The number of rotatable bonds is 3. The van der Waals surface area contributed by atoms with Gasteiger partial charge in [-0.15, -0.1) is 0 Å². The summed E-state index contributed by atoms with van der Waals surface area (Å²) in [5.41, 5.74) is 0.0107. The van der Waals surface area contributed by atoms with Gasteiger partial charge in [-0.1, -0.05) is 6.42 Å². The molecule has 1 aliphatic carbocycles. The molecule has 1 spiro atoms. The van der Waals surface area contributed by atoms with Crippen LogP contribution in [0.3, 0.4) is 0 Å². The lowest BCUT2D eigenvalue weighted by Crippen LogP contribution is -2.52. The Morgan fingerprint density at radius 1 is 1.33 bits per heavy atom. The maximum Gasteiger partial charge on any atom is 0.276 e. The molecule has 4 rings (SSSR count). The largest absolute Gasteiger partial charge is 0.448 e. The first-order chi connectivity index (χ1) is 11.6. The van der Waals surface area contributed by atoms with Crippen LogP contribution in [0.4, 0.5) is 0 Å². The van der Waals surface area contributed by atoms with Crippen molar-refractivity contribution in [3.63, 3.8) is 0 Å². The Morgan fingerprint density at radius 2 is 2.17 bits per heavy atom. The summed E-state index contributed by atoms with van der Waals surface area (Å²) in [7, 11) is 0. The molecule has 2 aliphatic heterocycles. The number of oxazole rings is 1. The summed E-state index contributed by atoms with van der Waals surface area (Å²) in [5, 5.41) is 0. The molecule has 2 saturated heterocycles. The van der Waals surface area contributed by atoms with Gasteiger partial charge in [0.25, 0.3) is 5.91 Å². The Balaban J connectivity index is 1.46. The van der Waals surface area contributed by atoms with E-state index in [1.807, 2.05) is 0 Å². The third-order valence-electron chi connectivity index (χ3n) is 6.12. The van der Waals surface area contributed by atoms with Crippen molar-refractivity contribution in [1.82, 2.24) is 14.8 Å². The molecule has 0 bridgehead atoms. The second-order valence-corrected chi connectivity index (χ2v) is 7.67. The van der Waals surface area contributed by atoms with E-state index in [1.54, 1.807) is 11.8 Å². The predicted octanol–water partition coefficient (Wildman–Crippen LogP) is 2.24. The summed E-state index contributed by atoms with van der Waals surface area (Å²) >= 11 is 0. The van der Waals surface area contributed by atoms with Crippen molar-refractivity contribution in [2.24, 2.45) is 11.3 Å². The number of aromatic nitrogens is 1. The Labute approximate surface area is 142 Å². The van der Waals surface area contributed by atoms with Gasteiger partial charge in [-0.25, -0.2) is 4.98 Å². The highest BCUT2D eigenvalue weighted by Crippen LogP contribution is 2.41. The van der Waals surface area contributed by atoms with E-state index in [1.165, 1.54) is 25.7 Å². The lowest BCUT2D eigenvalue weighted by molar-refractivity contribution is -0.146. The van der Waals surface area contributed by atoms with E-state index in [0.717, 1.165) is 32.4 Å². The first kappa shape index (κ1) is 15.7. The molecule has 2 amide bonds. The summed E-state index contributed by atoms with van der Waals surface area (Å²) in [4.78, 5) is 33.6. The normalized spacial score (nSPS) is 27.8. The number of aryl methyl sites for hydroxylation is 1. The minimum absolute atomic E-state index is 0.109. The third kappa shape index (κ3) is 2.52. The topological polar surface area (TPSA) is 66.7 Å². The van der Waals surface area contributed by atoms with Crippen molar-refractivity contribution in [2.45, 2.75) is 45.4 Å². The summed E-state index contributed by atoms with van der Waals surface area (Å²) in [6.45, 7) is 4.70. The van der Waals surface area contributed by atoms with Crippen molar-refractivity contribution in [3.8, 4) is 0 Å². The molecular weight excluding hydrogens is 306 g/mol. The second-order valence-electron chi connectivity index (χ2n) is 7.67. The quantitative estimate of drug-likeness (QED) is 0.852. The Bertz CT molecular complexity index is 652. The zero-order valence-electron chi connectivity index (χ0n) is 14.3. The zero-order valence-corrected chi connectivity index (χ0v) is 14.3. The predicted molar refractivity (Wildman–Crippen MR) is 87.3 cm³/mol. The molecule has 1 aromatic heterocycles. The van der Waals surface area contributed by atoms with E-state index in [-0.39, 0.29) is 17.2 Å². The number of likely N-dealkylation sites (tertiary alicyclic amines) is 2. The van der Waals surface area contributed by atoms with Gasteiger partial charge in [-0.2, -0.15) is 0 Å². The van der Waals surface area contributed by atoms with Crippen LogP contribution in [0, 0.1) is 18.3 Å². The van der Waals surface area contributed by atoms with E-state index in [4.69, 9.17) is 4.42 Å². The molecule has 3 heterocycles. The van der Waals surface area contributed by atoms with Crippen LogP contribution in [-0.2, 0) is 4.79 Å². The smallest absolute Gasteiger partial charge is 0.276 e. The van der Waals surface area contributed by atoms with Gasteiger partial charge in [-0.3, -0.25) is 9.59 Å². The van der Waals surface area contributed by atoms with Crippen LogP contribution >= 0.6 is 0 Å². The molecule has 130 valence electrons. The Kier molecular flexibility index (Phi) is 3.85. The van der Waals surface area contributed by atoms with Gasteiger partial charge in [-0.05, 0) is 44.9 Å². The van der Waals surface area contributed by atoms with Crippen molar-refractivity contribution in [3.05, 3.63) is 17.8 Å². The van der Waals surface area contributed by atoms with Gasteiger partial charge in [0.1, 0.15) is 5.76 Å². The molecular formula is C18H25N3O3. The van der Waals surface area contributed by atoms with Crippen LogP contribution in [0.1, 0.15) is 54.8 Å². The molecule has 1 unspecified atom stereocenters. The number of hydrogen-bond acceptors (Lipinski definition) is 4. The average molecular weight is 331 g/mol. The van der Waals surface area contributed by atoms with E-state index >= 15 is 0 Å². The fraction of sp³-hybridized carbons (Fsp3) is 0.722. The SMILES string of the molecule is Cc1ocnc1C(=O)N1CCC2(CCCN(CC3CCC3)C2=O)C1. The monoisotopic (exact) mass is 331 g/mol. The van der Waals surface area contributed by atoms with E-state index < -0.39 is 0 Å².